The van der Waals surface area contributed by atoms with Gasteiger partial charge >= 0.3 is 0 Å². The summed E-state index contributed by atoms with van der Waals surface area (Å²) in [6.45, 7) is 10.6. The molecule has 0 aliphatic rings. The zero-order valence-electron chi connectivity index (χ0n) is 3.72. The minimum atomic E-state index is 0.775. The van der Waals surface area contributed by atoms with E-state index in [4.69, 9.17) is 13.8 Å². The fourth-order valence-corrected chi connectivity index (χ4v) is 0.913. The van der Waals surface area contributed by atoms with Crippen molar-refractivity contribution in [1.82, 2.24) is 0 Å². The van der Waals surface area contributed by atoms with Gasteiger partial charge in [-0.2, -0.15) is 0 Å². The van der Waals surface area contributed by atoms with Crippen LogP contribution in [0.3, 0.4) is 0 Å². The maximum absolute atomic E-state index is 5.32. The highest BCUT2D eigenvalue weighted by atomic mass is 32.1. The van der Waals surface area contributed by atoms with Crippen molar-refractivity contribution in [3.05, 3.63) is 35.7 Å². The average molecular weight is 108 g/mol. The number of thiophene rings is 1. The Bertz CT molecular complexity index is 136. The SMILES string of the molecule is [CH]c1ccc([CH])s1. The number of hydrogen-bond donors (Lipinski definition) is 0. The van der Waals surface area contributed by atoms with Gasteiger partial charge in [0.05, 0.1) is 0 Å². The lowest BCUT2D eigenvalue weighted by atomic mass is 10.5. The van der Waals surface area contributed by atoms with E-state index in [1.807, 2.05) is 0 Å². The molecule has 0 aliphatic heterocycles. The largest absolute Gasteiger partial charge is 0.145 e. The van der Waals surface area contributed by atoms with E-state index in [2.05, 4.69) is 0 Å². The van der Waals surface area contributed by atoms with Crippen LogP contribution in [-0.2, 0) is 0 Å². The predicted octanol–water partition coefficient (Wildman–Crippen LogP) is 1.87. The molecule has 0 aliphatic carbocycles. The second-order valence-corrected chi connectivity index (χ2v) is 2.39. The second kappa shape index (κ2) is 1.66. The van der Waals surface area contributed by atoms with Crippen LogP contribution in [0.25, 0.3) is 0 Å². The molecule has 0 spiro atoms. The van der Waals surface area contributed by atoms with Crippen LogP contribution >= 0.6 is 11.3 Å². The highest BCUT2D eigenvalue weighted by Gasteiger charge is 1.85. The molecule has 0 atom stereocenters. The standard InChI is InChI=1S/C6H4S/c1-5-3-4-6(2)7-5/h1-4H. The van der Waals surface area contributed by atoms with Crippen LogP contribution in [-0.4, -0.2) is 0 Å². The fourth-order valence-electron chi connectivity index (χ4n) is 0.368. The Morgan fingerprint density at radius 2 is 1.57 bits per heavy atom. The minimum Gasteiger partial charge on any atom is -0.145 e. The summed E-state index contributed by atoms with van der Waals surface area (Å²) in [4.78, 5) is 1.55. The van der Waals surface area contributed by atoms with Crippen molar-refractivity contribution in [3.8, 4) is 0 Å². The smallest absolute Gasteiger partial charge is 0.00987 e. The number of rotatable bonds is 0. The zero-order valence-corrected chi connectivity index (χ0v) is 4.53. The van der Waals surface area contributed by atoms with Gasteiger partial charge in [0.1, 0.15) is 0 Å². The van der Waals surface area contributed by atoms with Gasteiger partial charge in [0.2, 0.25) is 0 Å². The van der Waals surface area contributed by atoms with Crippen LogP contribution in [0.5, 0.6) is 0 Å². The second-order valence-electron chi connectivity index (χ2n) is 1.24. The van der Waals surface area contributed by atoms with Crippen molar-refractivity contribution in [2.45, 2.75) is 0 Å². The van der Waals surface area contributed by atoms with Gasteiger partial charge in [0.25, 0.3) is 0 Å². The lowest BCUT2D eigenvalue weighted by molar-refractivity contribution is 1.84. The lowest BCUT2D eigenvalue weighted by Crippen LogP contribution is -1.44. The molecule has 0 bridgehead atoms. The summed E-state index contributed by atoms with van der Waals surface area (Å²) in [7, 11) is 0. The number of hydrogen-bond acceptors (Lipinski definition) is 1. The van der Waals surface area contributed by atoms with E-state index in [1.54, 1.807) is 12.1 Å². The zero-order chi connectivity index (χ0) is 5.28. The fraction of sp³-hybridized carbons (Fsp3) is 0. The molecule has 7 heavy (non-hydrogen) atoms. The van der Waals surface area contributed by atoms with Gasteiger partial charge < -0.3 is 0 Å². The van der Waals surface area contributed by atoms with E-state index in [0.717, 1.165) is 9.75 Å². The lowest BCUT2D eigenvalue weighted by Gasteiger charge is -1.70. The summed E-state index contributed by atoms with van der Waals surface area (Å²) in [6.07, 6.45) is 0. The van der Waals surface area contributed by atoms with Crippen molar-refractivity contribution in [2.75, 3.05) is 0 Å². The normalized spacial score (nSPS) is 9.43. The minimum absolute atomic E-state index is 0.775. The molecule has 1 aromatic heterocycles. The van der Waals surface area contributed by atoms with Crippen molar-refractivity contribution < 1.29 is 0 Å². The van der Waals surface area contributed by atoms with Crippen molar-refractivity contribution in [2.24, 2.45) is 0 Å². The summed E-state index contributed by atoms with van der Waals surface area (Å²) in [5, 5.41) is 0. The van der Waals surface area contributed by atoms with Gasteiger partial charge in [-0.25, -0.2) is 0 Å². The van der Waals surface area contributed by atoms with Gasteiger partial charge in [-0.15, -0.1) is 11.3 Å². The maximum Gasteiger partial charge on any atom is 0.00987 e. The van der Waals surface area contributed by atoms with Crippen LogP contribution in [0.4, 0.5) is 0 Å². The van der Waals surface area contributed by atoms with E-state index in [-0.39, 0.29) is 0 Å². The van der Waals surface area contributed by atoms with Gasteiger partial charge in [-0.05, 0) is 12.1 Å². The molecular formula is C6H4S. The third kappa shape index (κ3) is 1.03. The molecule has 1 aromatic rings. The van der Waals surface area contributed by atoms with E-state index < -0.39 is 0 Å². The van der Waals surface area contributed by atoms with Crippen LogP contribution in [0.15, 0.2) is 12.1 Å². The molecule has 1 heteroatoms. The Morgan fingerprint density at radius 3 is 1.71 bits per heavy atom. The predicted molar refractivity (Wildman–Crippen MR) is 31.1 cm³/mol. The van der Waals surface area contributed by atoms with Gasteiger partial charge in [0, 0.05) is 23.6 Å². The molecular weight excluding hydrogens is 104 g/mol. The van der Waals surface area contributed by atoms with Crippen molar-refractivity contribution in [3.63, 3.8) is 0 Å². The molecule has 1 heterocycles. The Morgan fingerprint density at radius 1 is 1.14 bits per heavy atom. The first-order chi connectivity index (χ1) is 3.29. The Labute approximate surface area is 47.8 Å². The molecule has 0 fully saturated rings. The molecule has 0 unspecified atom stereocenters. The molecule has 0 saturated heterocycles. The Kier molecular flexibility index (Phi) is 1.15. The third-order valence-electron chi connectivity index (χ3n) is 0.648. The highest BCUT2D eigenvalue weighted by molar-refractivity contribution is 7.12. The summed E-state index contributed by atoms with van der Waals surface area (Å²) in [5.41, 5.74) is 0. The maximum atomic E-state index is 5.32. The van der Waals surface area contributed by atoms with E-state index >= 15 is 0 Å². The Hall–Kier alpha value is -0.300. The van der Waals surface area contributed by atoms with E-state index in [9.17, 15) is 0 Å². The molecule has 0 N–H and O–H groups in total. The molecule has 0 nitrogen and oxygen atoms in total. The topological polar surface area (TPSA) is 0 Å². The summed E-state index contributed by atoms with van der Waals surface area (Å²) in [5.74, 6) is 0. The first-order valence-corrected chi connectivity index (χ1v) is 2.71. The van der Waals surface area contributed by atoms with Gasteiger partial charge in [-0.3, -0.25) is 0 Å². The summed E-state index contributed by atoms with van der Waals surface area (Å²) < 4.78 is 0. The summed E-state index contributed by atoms with van der Waals surface area (Å²) in [6, 6.07) is 3.58. The van der Waals surface area contributed by atoms with E-state index in [0.29, 0.717) is 0 Å². The molecule has 4 radical (unpaired) electrons. The highest BCUT2D eigenvalue weighted by Crippen LogP contribution is 2.11. The van der Waals surface area contributed by atoms with E-state index in [1.165, 1.54) is 11.3 Å². The molecule has 0 saturated carbocycles. The van der Waals surface area contributed by atoms with Crippen LogP contribution in [0, 0.1) is 13.8 Å². The van der Waals surface area contributed by atoms with Crippen molar-refractivity contribution >= 4 is 11.3 Å². The van der Waals surface area contributed by atoms with Crippen molar-refractivity contribution in [1.29, 1.82) is 0 Å². The van der Waals surface area contributed by atoms with Crippen LogP contribution < -0.4 is 0 Å². The third-order valence-corrected chi connectivity index (χ3v) is 1.39. The average Bonchev–Trinajstić information content (AvgIpc) is 1.87. The first kappa shape index (κ1) is 4.85. The summed E-state index contributed by atoms with van der Waals surface area (Å²) >= 11 is 1.40. The quantitative estimate of drug-likeness (QED) is 0.476. The monoisotopic (exact) mass is 108 g/mol. The molecule has 1 rings (SSSR count). The molecule has 0 amide bonds. The van der Waals surface area contributed by atoms with Gasteiger partial charge in [-0.1, -0.05) is 0 Å². The van der Waals surface area contributed by atoms with Crippen LogP contribution in [0.2, 0.25) is 0 Å². The van der Waals surface area contributed by atoms with Crippen LogP contribution in [0.1, 0.15) is 9.75 Å². The molecule has 0 aromatic carbocycles. The first-order valence-electron chi connectivity index (χ1n) is 1.90. The molecule has 34 valence electrons. The van der Waals surface area contributed by atoms with Gasteiger partial charge in [0.15, 0.2) is 0 Å². The Balaban J connectivity index is 3.04.